The Balaban J connectivity index is 2.47. The molecule has 0 spiro atoms. The highest BCUT2D eigenvalue weighted by atomic mass is 32.1. The van der Waals surface area contributed by atoms with Crippen LogP contribution in [0.2, 0.25) is 0 Å². The molecule has 1 heterocycles. The first-order chi connectivity index (χ1) is 8.30. The number of carboxylic acid groups (broad SMARTS) is 1. The summed E-state index contributed by atoms with van der Waals surface area (Å²) in [5.74, 6) is -1.04. The van der Waals surface area contributed by atoms with Gasteiger partial charge in [0.25, 0.3) is 5.91 Å². The molecule has 0 aromatic carbocycles. The van der Waals surface area contributed by atoms with Crippen LogP contribution in [0.15, 0.2) is 6.20 Å². The van der Waals surface area contributed by atoms with Crippen LogP contribution in [-0.4, -0.2) is 28.5 Å². The molecule has 0 aliphatic carbocycles. The Kier molecular flexibility index (Phi) is 4.84. The molecule has 0 atom stereocenters. The summed E-state index contributed by atoms with van der Waals surface area (Å²) in [5, 5.41) is 12.1. The van der Waals surface area contributed by atoms with Gasteiger partial charge in [0, 0.05) is 18.4 Å². The predicted octanol–water partition coefficient (Wildman–Crippen LogP) is 2.04. The fourth-order valence-corrected chi connectivity index (χ4v) is 2.14. The molecule has 2 N–H and O–H groups in total. The van der Waals surface area contributed by atoms with Gasteiger partial charge in [0.15, 0.2) is 0 Å². The molecule has 18 heavy (non-hydrogen) atoms. The Bertz CT molecular complexity index is 435. The van der Waals surface area contributed by atoms with Crippen molar-refractivity contribution in [2.45, 2.75) is 39.0 Å². The van der Waals surface area contributed by atoms with Crippen LogP contribution in [0, 0.1) is 0 Å². The minimum atomic E-state index is -0.850. The van der Waals surface area contributed by atoms with Gasteiger partial charge >= 0.3 is 5.97 Å². The summed E-state index contributed by atoms with van der Waals surface area (Å²) in [4.78, 5) is 26.8. The van der Waals surface area contributed by atoms with E-state index in [9.17, 15) is 9.59 Å². The number of aliphatic carboxylic acids is 1. The highest BCUT2D eigenvalue weighted by Gasteiger charge is 2.20. The first-order valence-corrected chi connectivity index (χ1v) is 6.58. The van der Waals surface area contributed by atoms with Gasteiger partial charge in [-0.25, -0.2) is 4.98 Å². The SMILES string of the molecule is CC(C)(C)c1ncc(C(=O)NCCCC(=O)O)s1. The van der Waals surface area contributed by atoms with Crippen LogP contribution in [0.1, 0.15) is 48.3 Å². The van der Waals surface area contributed by atoms with E-state index >= 15 is 0 Å². The second-order valence-electron chi connectivity index (χ2n) is 5.03. The van der Waals surface area contributed by atoms with E-state index in [2.05, 4.69) is 10.3 Å². The number of carbonyl (C=O) groups is 2. The quantitative estimate of drug-likeness (QED) is 0.802. The highest BCUT2D eigenvalue weighted by molar-refractivity contribution is 7.13. The highest BCUT2D eigenvalue weighted by Crippen LogP contribution is 2.26. The van der Waals surface area contributed by atoms with Gasteiger partial charge in [-0.2, -0.15) is 0 Å². The molecule has 100 valence electrons. The number of hydrogen-bond donors (Lipinski definition) is 2. The molecule has 0 aliphatic rings. The van der Waals surface area contributed by atoms with Crippen LogP contribution in [0.5, 0.6) is 0 Å². The molecule has 1 rings (SSSR count). The van der Waals surface area contributed by atoms with Crippen LogP contribution in [-0.2, 0) is 10.2 Å². The van der Waals surface area contributed by atoms with Gasteiger partial charge in [-0.1, -0.05) is 20.8 Å². The van der Waals surface area contributed by atoms with Gasteiger partial charge in [-0.15, -0.1) is 11.3 Å². The molecule has 0 radical (unpaired) electrons. The van der Waals surface area contributed by atoms with Crippen molar-refractivity contribution in [2.24, 2.45) is 0 Å². The van der Waals surface area contributed by atoms with E-state index in [0.29, 0.717) is 17.8 Å². The van der Waals surface area contributed by atoms with Crippen molar-refractivity contribution >= 4 is 23.2 Å². The second-order valence-corrected chi connectivity index (χ2v) is 6.06. The molecule has 5 nitrogen and oxygen atoms in total. The fraction of sp³-hybridized carbons (Fsp3) is 0.583. The third-order valence-corrected chi connectivity index (χ3v) is 3.65. The molecular weight excluding hydrogens is 252 g/mol. The molecule has 1 aromatic heterocycles. The maximum absolute atomic E-state index is 11.7. The minimum absolute atomic E-state index is 0.0630. The lowest BCUT2D eigenvalue weighted by molar-refractivity contribution is -0.137. The fourth-order valence-electron chi connectivity index (χ4n) is 1.25. The van der Waals surface area contributed by atoms with Gasteiger partial charge < -0.3 is 10.4 Å². The topological polar surface area (TPSA) is 79.3 Å². The van der Waals surface area contributed by atoms with E-state index < -0.39 is 5.97 Å². The molecule has 0 fully saturated rings. The van der Waals surface area contributed by atoms with Crippen LogP contribution in [0.3, 0.4) is 0 Å². The van der Waals surface area contributed by atoms with Crippen molar-refractivity contribution < 1.29 is 14.7 Å². The monoisotopic (exact) mass is 270 g/mol. The van der Waals surface area contributed by atoms with E-state index in [-0.39, 0.29) is 17.7 Å². The van der Waals surface area contributed by atoms with Crippen molar-refractivity contribution in [3.8, 4) is 0 Å². The number of carbonyl (C=O) groups excluding carboxylic acids is 1. The third kappa shape index (κ3) is 4.44. The predicted molar refractivity (Wildman–Crippen MR) is 70.0 cm³/mol. The summed E-state index contributed by atoms with van der Waals surface area (Å²) >= 11 is 1.37. The van der Waals surface area contributed by atoms with Gasteiger partial charge in [0.05, 0.1) is 11.2 Å². The largest absolute Gasteiger partial charge is 0.481 e. The summed E-state index contributed by atoms with van der Waals surface area (Å²) in [5.41, 5.74) is -0.0630. The smallest absolute Gasteiger partial charge is 0.303 e. The van der Waals surface area contributed by atoms with Gasteiger partial charge in [0.2, 0.25) is 0 Å². The molecule has 1 amide bonds. The van der Waals surface area contributed by atoms with E-state index in [4.69, 9.17) is 5.11 Å². The Labute approximate surface area is 110 Å². The summed E-state index contributed by atoms with van der Waals surface area (Å²) in [6, 6.07) is 0. The summed E-state index contributed by atoms with van der Waals surface area (Å²) in [7, 11) is 0. The number of thiazole rings is 1. The lowest BCUT2D eigenvalue weighted by atomic mass is 9.98. The third-order valence-electron chi connectivity index (χ3n) is 2.22. The van der Waals surface area contributed by atoms with Crippen molar-refractivity contribution in [3.05, 3.63) is 16.1 Å². The summed E-state index contributed by atoms with van der Waals surface area (Å²) < 4.78 is 0. The number of hydrogen-bond acceptors (Lipinski definition) is 4. The molecule has 0 aliphatic heterocycles. The van der Waals surface area contributed by atoms with Gasteiger partial charge in [-0.3, -0.25) is 9.59 Å². The van der Waals surface area contributed by atoms with Crippen molar-refractivity contribution in [3.63, 3.8) is 0 Å². The summed E-state index contributed by atoms with van der Waals surface area (Å²) in [6.07, 6.45) is 2.07. The second kappa shape index (κ2) is 5.95. The zero-order valence-corrected chi connectivity index (χ0v) is 11.6. The van der Waals surface area contributed by atoms with E-state index in [1.54, 1.807) is 6.20 Å². The number of amides is 1. The van der Waals surface area contributed by atoms with E-state index in [1.165, 1.54) is 11.3 Å². The lowest BCUT2D eigenvalue weighted by Gasteiger charge is -2.13. The molecule has 1 aromatic rings. The van der Waals surface area contributed by atoms with Gasteiger partial charge in [0.1, 0.15) is 4.88 Å². The first-order valence-electron chi connectivity index (χ1n) is 5.77. The maximum Gasteiger partial charge on any atom is 0.303 e. The van der Waals surface area contributed by atoms with Crippen molar-refractivity contribution in [2.75, 3.05) is 6.54 Å². The molecule has 0 bridgehead atoms. The van der Waals surface area contributed by atoms with Gasteiger partial charge in [-0.05, 0) is 6.42 Å². The molecule has 0 unspecified atom stereocenters. The van der Waals surface area contributed by atoms with E-state index in [1.807, 2.05) is 20.8 Å². The van der Waals surface area contributed by atoms with E-state index in [0.717, 1.165) is 5.01 Å². The molecule has 6 heteroatoms. The zero-order valence-electron chi connectivity index (χ0n) is 10.8. The number of rotatable bonds is 5. The van der Waals surface area contributed by atoms with Crippen LogP contribution >= 0.6 is 11.3 Å². The molecular formula is C12H18N2O3S. The Morgan fingerprint density at radius 1 is 1.44 bits per heavy atom. The number of nitrogens with zero attached hydrogens (tertiary/aromatic N) is 1. The zero-order chi connectivity index (χ0) is 13.8. The Hall–Kier alpha value is -1.43. The standard InChI is InChI=1S/C12H18N2O3S/c1-12(2,3)11-14-7-8(18-11)10(17)13-6-4-5-9(15)16/h7H,4-6H2,1-3H3,(H,13,17)(H,15,16). The Morgan fingerprint density at radius 2 is 2.11 bits per heavy atom. The molecule has 0 saturated heterocycles. The first kappa shape index (κ1) is 14.6. The number of carboxylic acids is 1. The van der Waals surface area contributed by atoms with Crippen LogP contribution < -0.4 is 5.32 Å². The van der Waals surface area contributed by atoms with Crippen LogP contribution in [0.25, 0.3) is 0 Å². The normalized spacial score (nSPS) is 11.3. The minimum Gasteiger partial charge on any atom is -0.481 e. The number of nitrogens with one attached hydrogen (secondary N) is 1. The average Bonchev–Trinajstić information content (AvgIpc) is 2.72. The Morgan fingerprint density at radius 3 is 2.61 bits per heavy atom. The lowest BCUT2D eigenvalue weighted by Crippen LogP contribution is -2.24. The number of aromatic nitrogens is 1. The van der Waals surface area contributed by atoms with Crippen molar-refractivity contribution in [1.29, 1.82) is 0 Å². The average molecular weight is 270 g/mol. The van der Waals surface area contributed by atoms with Crippen molar-refractivity contribution in [1.82, 2.24) is 10.3 Å². The summed E-state index contributed by atoms with van der Waals surface area (Å²) in [6.45, 7) is 6.50. The maximum atomic E-state index is 11.7. The van der Waals surface area contributed by atoms with Crippen LogP contribution in [0.4, 0.5) is 0 Å². The molecule has 0 saturated carbocycles.